The molecule has 1 unspecified atom stereocenters. The van der Waals surface area contributed by atoms with Crippen molar-refractivity contribution < 1.29 is 14.6 Å². The van der Waals surface area contributed by atoms with Crippen LogP contribution in [-0.4, -0.2) is 30.0 Å². The first kappa shape index (κ1) is 16.5. The number of nitrogens with one attached hydrogen (secondary N) is 1. The Bertz CT molecular complexity index is 463. The van der Waals surface area contributed by atoms with Crippen molar-refractivity contribution in [3.8, 4) is 0 Å². The van der Waals surface area contributed by atoms with E-state index < -0.39 is 11.7 Å². The molecule has 0 aliphatic carbocycles. The lowest BCUT2D eigenvalue weighted by Gasteiger charge is -2.20. The Morgan fingerprint density at radius 3 is 2.55 bits per heavy atom. The van der Waals surface area contributed by atoms with Crippen molar-refractivity contribution in [1.82, 2.24) is 0 Å². The van der Waals surface area contributed by atoms with Gasteiger partial charge in [-0.25, -0.2) is 4.79 Å². The third kappa shape index (κ3) is 4.83. The number of hydrogen-bond acceptors (Lipinski definition) is 4. The summed E-state index contributed by atoms with van der Waals surface area (Å²) in [6, 6.07) is 5.57. The number of aryl methyl sites for hydroxylation is 1. The van der Waals surface area contributed by atoms with Gasteiger partial charge in [0.1, 0.15) is 5.60 Å². The minimum Gasteiger partial charge on any atom is -0.444 e. The molecule has 1 rings (SSSR count). The average molecular weight is 280 g/mol. The molecule has 0 aromatic heterocycles. The third-order valence-corrected chi connectivity index (χ3v) is 2.86. The molecule has 1 aromatic rings. The van der Waals surface area contributed by atoms with Crippen LogP contribution in [0.25, 0.3) is 0 Å². The lowest BCUT2D eigenvalue weighted by molar-refractivity contribution is 0.0636. The summed E-state index contributed by atoms with van der Waals surface area (Å²) in [5.74, 6) is -0.0794. The Balaban J connectivity index is 2.81. The van der Waals surface area contributed by atoms with Crippen LogP contribution in [0.2, 0.25) is 0 Å². The zero-order chi connectivity index (χ0) is 15.3. The van der Waals surface area contributed by atoms with Crippen LogP contribution in [0.4, 0.5) is 10.5 Å². The Morgan fingerprint density at radius 2 is 2.10 bits per heavy atom. The van der Waals surface area contributed by atoms with Crippen LogP contribution in [0.5, 0.6) is 0 Å². The first-order chi connectivity index (χ1) is 9.26. The molecule has 1 aromatic carbocycles. The van der Waals surface area contributed by atoms with E-state index in [1.54, 1.807) is 6.07 Å². The molecule has 0 radical (unpaired) electrons. The molecule has 0 heterocycles. The summed E-state index contributed by atoms with van der Waals surface area (Å²) in [4.78, 5) is 11.7. The monoisotopic (exact) mass is 280 g/mol. The number of ether oxygens (including phenoxy) is 1. The highest BCUT2D eigenvalue weighted by atomic mass is 16.6. The third-order valence-electron chi connectivity index (χ3n) is 2.86. The minimum absolute atomic E-state index is 0.00871. The molecule has 0 bridgehead atoms. The number of anilines is 1. The van der Waals surface area contributed by atoms with Gasteiger partial charge in [-0.3, -0.25) is 5.32 Å². The zero-order valence-electron chi connectivity index (χ0n) is 12.6. The molecule has 0 aliphatic rings. The molecule has 0 aliphatic heterocycles. The second-order valence-corrected chi connectivity index (χ2v) is 5.82. The quantitative estimate of drug-likeness (QED) is 0.790. The number of aliphatic hydroxyl groups is 1. The fourth-order valence-corrected chi connectivity index (χ4v) is 1.81. The van der Waals surface area contributed by atoms with E-state index in [-0.39, 0.29) is 12.5 Å². The van der Waals surface area contributed by atoms with Crippen LogP contribution in [0, 0.1) is 6.92 Å². The van der Waals surface area contributed by atoms with Gasteiger partial charge >= 0.3 is 6.09 Å². The number of nitrogens with two attached hydrogens (primary N) is 1. The summed E-state index contributed by atoms with van der Waals surface area (Å²) < 4.78 is 5.21. The second kappa shape index (κ2) is 6.72. The maximum atomic E-state index is 11.7. The van der Waals surface area contributed by atoms with Gasteiger partial charge in [0.05, 0.1) is 6.61 Å². The van der Waals surface area contributed by atoms with Crippen molar-refractivity contribution in [2.75, 3.05) is 18.5 Å². The number of rotatable bonds is 4. The number of benzene rings is 1. The summed E-state index contributed by atoms with van der Waals surface area (Å²) in [5.41, 5.74) is 7.63. The van der Waals surface area contributed by atoms with Gasteiger partial charge in [-0.2, -0.15) is 0 Å². The van der Waals surface area contributed by atoms with Crippen LogP contribution < -0.4 is 11.1 Å². The van der Waals surface area contributed by atoms with Crippen LogP contribution in [0.1, 0.15) is 37.8 Å². The number of carbonyl (C=O) groups excluding carboxylic acids is 1. The van der Waals surface area contributed by atoms with E-state index >= 15 is 0 Å². The van der Waals surface area contributed by atoms with Crippen LogP contribution >= 0.6 is 0 Å². The fraction of sp³-hybridized carbons (Fsp3) is 0.533. The van der Waals surface area contributed by atoms with Crippen molar-refractivity contribution in [3.05, 3.63) is 29.3 Å². The van der Waals surface area contributed by atoms with E-state index in [0.29, 0.717) is 12.2 Å². The summed E-state index contributed by atoms with van der Waals surface area (Å²) >= 11 is 0. The van der Waals surface area contributed by atoms with E-state index in [9.17, 15) is 9.90 Å². The van der Waals surface area contributed by atoms with Gasteiger partial charge in [0, 0.05) is 18.2 Å². The van der Waals surface area contributed by atoms with E-state index in [1.165, 1.54) is 0 Å². The van der Waals surface area contributed by atoms with Crippen molar-refractivity contribution in [3.63, 3.8) is 0 Å². The van der Waals surface area contributed by atoms with Crippen molar-refractivity contribution in [2.24, 2.45) is 5.73 Å². The first-order valence-corrected chi connectivity index (χ1v) is 6.68. The molecule has 5 heteroatoms. The molecule has 0 fully saturated rings. The smallest absolute Gasteiger partial charge is 0.412 e. The normalized spacial score (nSPS) is 12.9. The highest BCUT2D eigenvalue weighted by Crippen LogP contribution is 2.22. The summed E-state index contributed by atoms with van der Waals surface area (Å²) in [7, 11) is 0. The maximum absolute atomic E-state index is 11.7. The van der Waals surface area contributed by atoms with Gasteiger partial charge in [-0.05, 0) is 44.9 Å². The lowest BCUT2D eigenvalue weighted by atomic mass is 9.97. The van der Waals surface area contributed by atoms with Crippen LogP contribution in [-0.2, 0) is 4.74 Å². The molecule has 20 heavy (non-hydrogen) atoms. The maximum Gasteiger partial charge on any atom is 0.412 e. The van der Waals surface area contributed by atoms with Gasteiger partial charge < -0.3 is 15.6 Å². The van der Waals surface area contributed by atoms with Crippen molar-refractivity contribution >= 4 is 11.8 Å². The van der Waals surface area contributed by atoms with Gasteiger partial charge in [-0.15, -0.1) is 0 Å². The van der Waals surface area contributed by atoms with E-state index in [1.807, 2.05) is 39.8 Å². The van der Waals surface area contributed by atoms with Crippen LogP contribution in [0.3, 0.4) is 0 Å². The van der Waals surface area contributed by atoms with Crippen molar-refractivity contribution in [2.45, 2.75) is 39.2 Å². The van der Waals surface area contributed by atoms with Gasteiger partial charge in [-0.1, -0.05) is 12.1 Å². The highest BCUT2D eigenvalue weighted by Gasteiger charge is 2.17. The second-order valence-electron chi connectivity index (χ2n) is 5.82. The Labute approximate surface area is 120 Å². The fourth-order valence-electron chi connectivity index (χ4n) is 1.81. The lowest BCUT2D eigenvalue weighted by Crippen LogP contribution is -2.27. The molecule has 112 valence electrons. The molecular formula is C15H24N2O3. The topological polar surface area (TPSA) is 84.6 Å². The van der Waals surface area contributed by atoms with Gasteiger partial charge in [0.15, 0.2) is 0 Å². The van der Waals surface area contributed by atoms with Gasteiger partial charge in [0.2, 0.25) is 0 Å². The molecule has 0 spiro atoms. The molecular weight excluding hydrogens is 256 g/mol. The molecule has 0 saturated carbocycles. The number of carbonyl (C=O) groups is 1. The molecule has 0 saturated heterocycles. The van der Waals surface area contributed by atoms with E-state index in [0.717, 1.165) is 11.1 Å². The standard InChI is InChI=1S/C15H24N2O3/c1-10-7-11(12(8-16)9-18)5-6-13(10)17-14(19)20-15(2,3)4/h5-7,12,18H,8-9,16H2,1-4H3,(H,17,19). The Kier molecular flexibility index (Phi) is 5.53. The minimum atomic E-state index is -0.528. The average Bonchev–Trinajstić information content (AvgIpc) is 2.31. The zero-order valence-corrected chi connectivity index (χ0v) is 12.6. The molecule has 5 nitrogen and oxygen atoms in total. The van der Waals surface area contributed by atoms with Crippen LogP contribution in [0.15, 0.2) is 18.2 Å². The molecule has 1 amide bonds. The number of hydrogen-bond donors (Lipinski definition) is 3. The van der Waals surface area contributed by atoms with E-state index in [2.05, 4.69) is 5.32 Å². The highest BCUT2D eigenvalue weighted by molar-refractivity contribution is 5.85. The predicted molar refractivity (Wildman–Crippen MR) is 79.9 cm³/mol. The number of aliphatic hydroxyl groups excluding tert-OH is 1. The van der Waals surface area contributed by atoms with Crippen molar-refractivity contribution in [1.29, 1.82) is 0 Å². The Hall–Kier alpha value is -1.59. The molecule has 1 atom stereocenters. The SMILES string of the molecule is Cc1cc(C(CN)CO)ccc1NC(=O)OC(C)(C)C. The molecule has 4 N–H and O–H groups in total. The summed E-state index contributed by atoms with van der Waals surface area (Å²) in [6.45, 7) is 7.73. The summed E-state index contributed by atoms with van der Waals surface area (Å²) in [6.07, 6.45) is -0.481. The number of amides is 1. The summed E-state index contributed by atoms with van der Waals surface area (Å²) in [5, 5.41) is 12.0. The van der Waals surface area contributed by atoms with E-state index in [4.69, 9.17) is 10.5 Å². The largest absolute Gasteiger partial charge is 0.444 e. The predicted octanol–water partition coefficient (Wildman–Crippen LogP) is 2.38. The Morgan fingerprint density at radius 1 is 1.45 bits per heavy atom. The van der Waals surface area contributed by atoms with Gasteiger partial charge in [0.25, 0.3) is 0 Å². The first-order valence-electron chi connectivity index (χ1n) is 6.68.